The molecule has 2 aromatic heterocycles. The van der Waals surface area contributed by atoms with Crippen molar-refractivity contribution in [1.82, 2.24) is 4.98 Å². The van der Waals surface area contributed by atoms with Crippen molar-refractivity contribution in [3.8, 4) is 16.2 Å². The largest absolute Gasteiger partial charge is 0.573 e. The molecule has 130 valence electrons. The van der Waals surface area contributed by atoms with Crippen LogP contribution in [0.25, 0.3) is 10.4 Å². The maximum Gasteiger partial charge on any atom is 0.573 e. The Bertz CT molecular complexity index is 905. The van der Waals surface area contributed by atoms with Crippen LogP contribution in [0.1, 0.15) is 10.4 Å². The number of hydrogen-bond acceptors (Lipinski definition) is 3. The van der Waals surface area contributed by atoms with Gasteiger partial charge in [-0.2, -0.15) is 0 Å². The molecule has 1 aromatic carbocycles. The molecule has 0 aliphatic heterocycles. The van der Waals surface area contributed by atoms with Crippen LogP contribution in [0.3, 0.4) is 0 Å². The van der Waals surface area contributed by atoms with E-state index < -0.39 is 18.0 Å². The number of carbonyl (C=O) groups excluding carboxylic acids is 1. The summed E-state index contributed by atoms with van der Waals surface area (Å²) in [6.07, 6.45) is -1.64. The predicted octanol–water partition coefficient (Wildman–Crippen LogP) is 5.55. The Morgan fingerprint density at radius 3 is 2.68 bits per heavy atom. The van der Waals surface area contributed by atoms with Crippen LogP contribution in [-0.2, 0) is 0 Å². The molecule has 9 heteroatoms. The summed E-state index contributed by atoms with van der Waals surface area (Å²) in [5.41, 5.74) is 1.18. The maximum absolute atomic E-state index is 12.5. The molecule has 0 radical (unpaired) electrons. The summed E-state index contributed by atoms with van der Waals surface area (Å²) in [6.45, 7) is 0. The molecule has 1 amide bonds. The molecule has 0 atom stereocenters. The third-order valence-electron chi connectivity index (χ3n) is 3.15. The molecule has 2 N–H and O–H groups in total. The molecule has 25 heavy (non-hydrogen) atoms. The standard InChI is InChI=1S/C16H10ClF3N2O2S/c17-14-5-4-13(25-14)11-7-21-8-12(11)15(23)22-9-2-1-3-10(6-9)24-16(18,19)20/h1-8,21H,(H,22,23). The molecule has 3 rings (SSSR count). The summed E-state index contributed by atoms with van der Waals surface area (Å²) in [7, 11) is 0. The second kappa shape index (κ2) is 6.81. The predicted molar refractivity (Wildman–Crippen MR) is 90.2 cm³/mol. The van der Waals surface area contributed by atoms with E-state index in [1.807, 2.05) is 0 Å². The number of hydrogen-bond donors (Lipinski definition) is 2. The topological polar surface area (TPSA) is 54.1 Å². The fraction of sp³-hybridized carbons (Fsp3) is 0.0625. The summed E-state index contributed by atoms with van der Waals surface area (Å²) >= 11 is 7.22. The molecular formula is C16H10ClF3N2O2S. The van der Waals surface area contributed by atoms with Crippen LogP contribution in [0.4, 0.5) is 18.9 Å². The second-order valence-corrected chi connectivity index (χ2v) is 6.63. The highest BCUT2D eigenvalue weighted by atomic mass is 35.5. The van der Waals surface area contributed by atoms with Gasteiger partial charge in [-0.25, -0.2) is 0 Å². The van der Waals surface area contributed by atoms with Gasteiger partial charge < -0.3 is 15.0 Å². The molecule has 3 aromatic rings. The van der Waals surface area contributed by atoms with Crippen LogP contribution in [-0.4, -0.2) is 17.3 Å². The lowest BCUT2D eigenvalue weighted by Gasteiger charge is -2.11. The van der Waals surface area contributed by atoms with Gasteiger partial charge in [-0.1, -0.05) is 17.7 Å². The van der Waals surface area contributed by atoms with Crippen molar-refractivity contribution >= 4 is 34.5 Å². The van der Waals surface area contributed by atoms with Crippen LogP contribution in [0, 0.1) is 0 Å². The molecule has 0 aliphatic rings. The first-order chi connectivity index (χ1) is 11.8. The minimum atomic E-state index is -4.80. The van der Waals surface area contributed by atoms with Crippen molar-refractivity contribution in [2.75, 3.05) is 5.32 Å². The Labute approximate surface area is 149 Å². The number of amides is 1. The number of aromatic nitrogens is 1. The summed E-state index contributed by atoms with van der Waals surface area (Å²) in [4.78, 5) is 16.1. The number of anilines is 1. The zero-order valence-corrected chi connectivity index (χ0v) is 13.9. The molecule has 0 spiro atoms. The Hall–Kier alpha value is -2.45. The lowest BCUT2D eigenvalue weighted by molar-refractivity contribution is -0.274. The van der Waals surface area contributed by atoms with E-state index in [1.165, 1.54) is 29.7 Å². The Balaban J connectivity index is 1.80. The van der Waals surface area contributed by atoms with E-state index in [-0.39, 0.29) is 5.69 Å². The number of thiophene rings is 1. The van der Waals surface area contributed by atoms with Gasteiger partial charge in [0.1, 0.15) is 5.75 Å². The van der Waals surface area contributed by atoms with Crippen LogP contribution >= 0.6 is 22.9 Å². The van der Waals surface area contributed by atoms with Crippen LogP contribution < -0.4 is 10.1 Å². The van der Waals surface area contributed by atoms with Crippen LogP contribution in [0.5, 0.6) is 5.75 Å². The Morgan fingerprint density at radius 1 is 1.20 bits per heavy atom. The molecule has 4 nitrogen and oxygen atoms in total. The minimum absolute atomic E-state index is 0.183. The number of ether oxygens (including phenoxy) is 1. The van der Waals surface area contributed by atoms with Crippen molar-refractivity contribution in [2.24, 2.45) is 0 Å². The SMILES string of the molecule is O=C(Nc1cccc(OC(F)(F)F)c1)c1c[nH]cc1-c1ccc(Cl)s1. The number of benzene rings is 1. The number of H-pyrrole nitrogens is 1. The van der Waals surface area contributed by atoms with Gasteiger partial charge in [0.05, 0.1) is 9.90 Å². The number of aromatic amines is 1. The number of nitrogens with one attached hydrogen (secondary N) is 2. The van der Waals surface area contributed by atoms with E-state index in [4.69, 9.17) is 11.6 Å². The van der Waals surface area contributed by atoms with Crippen molar-refractivity contribution < 1.29 is 22.7 Å². The zero-order valence-electron chi connectivity index (χ0n) is 12.4. The van der Waals surface area contributed by atoms with Gasteiger partial charge in [-0.05, 0) is 24.3 Å². The quantitative estimate of drug-likeness (QED) is 0.617. The van der Waals surface area contributed by atoms with Gasteiger partial charge in [0, 0.05) is 34.6 Å². The van der Waals surface area contributed by atoms with Gasteiger partial charge in [-0.15, -0.1) is 24.5 Å². The first-order valence-electron chi connectivity index (χ1n) is 6.91. The van der Waals surface area contributed by atoms with Crippen LogP contribution in [0.15, 0.2) is 48.8 Å². The molecule has 0 aliphatic carbocycles. The minimum Gasteiger partial charge on any atom is -0.406 e. The first-order valence-corrected chi connectivity index (χ1v) is 8.11. The molecule has 0 unspecified atom stereocenters. The highest BCUT2D eigenvalue weighted by Gasteiger charge is 2.31. The van der Waals surface area contributed by atoms with Gasteiger partial charge in [0.15, 0.2) is 0 Å². The fourth-order valence-corrected chi connectivity index (χ4v) is 3.26. The average Bonchev–Trinajstić information content (AvgIpc) is 3.14. The molecular weight excluding hydrogens is 377 g/mol. The normalized spacial score (nSPS) is 11.4. The summed E-state index contributed by atoms with van der Waals surface area (Å²) < 4.78 is 41.3. The smallest absolute Gasteiger partial charge is 0.406 e. The van der Waals surface area contributed by atoms with Crippen molar-refractivity contribution in [2.45, 2.75) is 6.36 Å². The van der Waals surface area contributed by atoms with Gasteiger partial charge in [0.2, 0.25) is 0 Å². The lowest BCUT2D eigenvalue weighted by atomic mass is 10.1. The van der Waals surface area contributed by atoms with Gasteiger partial charge in [0.25, 0.3) is 5.91 Å². The molecule has 0 saturated carbocycles. The Morgan fingerprint density at radius 2 is 2.00 bits per heavy atom. The van der Waals surface area contributed by atoms with E-state index in [9.17, 15) is 18.0 Å². The fourth-order valence-electron chi connectivity index (χ4n) is 2.18. The van der Waals surface area contributed by atoms with E-state index in [0.717, 1.165) is 17.0 Å². The summed E-state index contributed by atoms with van der Waals surface area (Å²) in [5, 5.41) is 2.55. The Kier molecular flexibility index (Phi) is 4.73. The summed E-state index contributed by atoms with van der Waals surface area (Å²) in [5.74, 6) is -0.880. The lowest BCUT2D eigenvalue weighted by Crippen LogP contribution is -2.17. The average molecular weight is 387 g/mol. The molecule has 0 bridgehead atoms. The number of halogens is 4. The van der Waals surface area contributed by atoms with Crippen molar-refractivity contribution in [1.29, 1.82) is 0 Å². The van der Waals surface area contributed by atoms with E-state index in [2.05, 4.69) is 15.0 Å². The molecule has 2 heterocycles. The number of rotatable bonds is 4. The maximum atomic E-state index is 12.5. The number of alkyl halides is 3. The highest BCUT2D eigenvalue weighted by Crippen LogP contribution is 2.33. The molecule has 0 fully saturated rings. The van der Waals surface area contributed by atoms with Crippen molar-refractivity contribution in [3.63, 3.8) is 0 Å². The van der Waals surface area contributed by atoms with E-state index >= 15 is 0 Å². The van der Waals surface area contributed by atoms with Crippen molar-refractivity contribution in [3.05, 3.63) is 58.7 Å². The first kappa shape index (κ1) is 17.4. The second-order valence-electron chi connectivity index (χ2n) is 4.92. The van der Waals surface area contributed by atoms with Crippen LogP contribution in [0.2, 0.25) is 4.34 Å². The zero-order chi connectivity index (χ0) is 18.0. The number of carbonyl (C=O) groups is 1. The monoisotopic (exact) mass is 386 g/mol. The van der Waals surface area contributed by atoms with E-state index in [1.54, 1.807) is 18.3 Å². The summed E-state index contributed by atoms with van der Waals surface area (Å²) in [6, 6.07) is 8.57. The van der Waals surface area contributed by atoms with Gasteiger partial charge in [-0.3, -0.25) is 4.79 Å². The molecule has 0 saturated heterocycles. The third-order valence-corrected chi connectivity index (χ3v) is 4.42. The van der Waals surface area contributed by atoms with E-state index in [0.29, 0.717) is 15.5 Å². The van der Waals surface area contributed by atoms with Gasteiger partial charge >= 0.3 is 6.36 Å². The highest BCUT2D eigenvalue weighted by molar-refractivity contribution is 7.19. The third kappa shape index (κ3) is 4.34.